The van der Waals surface area contributed by atoms with Gasteiger partial charge in [-0.05, 0) is 17.7 Å². The van der Waals surface area contributed by atoms with Crippen molar-refractivity contribution in [3.63, 3.8) is 0 Å². The topological polar surface area (TPSA) is 82.1 Å². The Morgan fingerprint density at radius 3 is 2.33 bits per heavy atom. The Kier molecular flexibility index (Phi) is 6.66. The van der Waals surface area contributed by atoms with Crippen molar-refractivity contribution in [3.8, 4) is 0 Å². The van der Waals surface area contributed by atoms with Gasteiger partial charge < -0.3 is 15.2 Å². The van der Waals surface area contributed by atoms with Gasteiger partial charge in [-0.15, -0.1) is 0 Å². The predicted octanol–water partition coefficient (Wildman–Crippen LogP) is -2.05. The van der Waals surface area contributed by atoms with Crippen molar-refractivity contribution in [1.29, 1.82) is 0 Å². The zero-order chi connectivity index (χ0) is 14.4. The molecule has 2 aromatic rings. The molecule has 1 N–H and O–H groups in total. The van der Waals surface area contributed by atoms with E-state index in [4.69, 9.17) is 0 Å². The Bertz CT molecular complexity index is 590. The number of benzene rings is 1. The molecule has 0 saturated heterocycles. The van der Waals surface area contributed by atoms with E-state index in [0.717, 1.165) is 0 Å². The van der Waals surface area contributed by atoms with Gasteiger partial charge in [0.1, 0.15) is 5.82 Å². The SMILES string of the molecule is O=C(CC(C(=O)[O-])c1ccccc1)Nc1ccccn1.[Li+]. The van der Waals surface area contributed by atoms with Gasteiger partial charge in [-0.25, -0.2) is 4.98 Å². The van der Waals surface area contributed by atoms with Gasteiger partial charge >= 0.3 is 18.9 Å². The van der Waals surface area contributed by atoms with Crippen LogP contribution in [0.5, 0.6) is 0 Å². The molecule has 0 spiro atoms. The first-order valence-electron chi connectivity index (χ1n) is 6.13. The minimum atomic E-state index is -1.27. The number of aromatic nitrogens is 1. The smallest absolute Gasteiger partial charge is 0.549 e. The second kappa shape index (κ2) is 8.25. The standard InChI is InChI=1S/C15H14N2O3.Li/c18-14(17-13-8-4-5-9-16-13)10-12(15(19)20)11-6-2-1-3-7-11;/h1-9,12H,10H2,(H,19,20)(H,16,17,18);/q;+1/p-1. The van der Waals surface area contributed by atoms with Crippen LogP contribution in [0.1, 0.15) is 17.9 Å². The molecule has 1 heterocycles. The van der Waals surface area contributed by atoms with E-state index < -0.39 is 17.8 Å². The fourth-order valence-electron chi connectivity index (χ4n) is 1.84. The van der Waals surface area contributed by atoms with E-state index >= 15 is 0 Å². The number of pyridine rings is 1. The van der Waals surface area contributed by atoms with E-state index in [0.29, 0.717) is 11.4 Å². The first kappa shape index (κ1) is 17.0. The number of nitrogens with one attached hydrogen (secondary N) is 1. The predicted molar refractivity (Wildman–Crippen MR) is 71.7 cm³/mol. The van der Waals surface area contributed by atoms with E-state index in [1.165, 1.54) is 0 Å². The van der Waals surface area contributed by atoms with Crippen molar-refractivity contribution >= 4 is 17.7 Å². The summed E-state index contributed by atoms with van der Waals surface area (Å²) in [7, 11) is 0. The number of aliphatic carboxylic acids is 1. The van der Waals surface area contributed by atoms with E-state index in [9.17, 15) is 14.7 Å². The zero-order valence-corrected chi connectivity index (χ0v) is 11.7. The van der Waals surface area contributed by atoms with E-state index in [-0.39, 0.29) is 25.3 Å². The minimum Gasteiger partial charge on any atom is -0.549 e. The molecule has 6 heteroatoms. The maximum atomic E-state index is 11.9. The van der Waals surface area contributed by atoms with Crippen LogP contribution in [0.2, 0.25) is 0 Å². The number of anilines is 1. The van der Waals surface area contributed by atoms with Crippen LogP contribution in [0.3, 0.4) is 0 Å². The Hall–Kier alpha value is -2.09. The van der Waals surface area contributed by atoms with Crippen molar-refractivity contribution in [2.24, 2.45) is 0 Å². The minimum absolute atomic E-state index is 0. The third kappa shape index (κ3) is 5.07. The largest absolute Gasteiger partial charge is 1.00 e. The molecular weight excluding hydrogens is 263 g/mol. The van der Waals surface area contributed by atoms with Gasteiger partial charge in [0.05, 0.1) is 0 Å². The third-order valence-corrected chi connectivity index (χ3v) is 2.81. The van der Waals surface area contributed by atoms with Crippen LogP contribution >= 0.6 is 0 Å². The van der Waals surface area contributed by atoms with Crippen LogP contribution in [-0.4, -0.2) is 16.9 Å². The third-order valence-electron chi connectivity index (χ3n) is 2.81. The van der Waals surface area contributed by atoms with Crippen LogP contribution in [0, 0.1) is 0 Å². The van der Waals surface area contributed by atoms with Crippen molar-refractivity contribution in [2.45, 2.75) is 12.3 Å². The normalized spacial score (nSPS) is 11.0. The summed E-state index contributed by atoms with van der Waals surface area (Å²) in [6, 6.07) is 13.6. The number of hydrogen-bond acceptors (Lipinski definition) is 4. The van der Waals surface area contributed by atoms with Crippen LogP contribution in [0.4, 0.5) is 5.82 Å². The van der Waals surface area contributed by atoms with Gasteiger partial charge in [0.25, 0.3) is 0 Å². The number of carbonyl (C=O) groups is 2. The van der Waals surface area contributed by atoms with Crippen molar-refractivity contribution in [1.82, 2.24) is 4.98 Å². The van der Waals surface area contributed by atoms with Crippen LogP contribution in [0.25, 0.3) is 0 Å². The summed E-state index contributed by atoms with van der Waals surface area (Å²) in [4.78, 5) is 27.0. The average molecular weight is 276 g/mol. The maximum absolute atomic E-state index is 11.9. The van der Waals surface area contributed by atoms with Gasteiger partial charge in [-0.1, -0.05) is 36.4 Å². The fraction of sp³-hybridized carbons (Fsp3) is 0.133. The number of hydrogen-bond donors (Lipinski definition) is 1. The summed E-state index contributed by atoms with van der Waals surface area (Å²) >= 11 is 0. The van der Waals surface area contributed by atoms with Gasteiger partial charge in [0.2, 0.25) is 5.91 Å². The first-order valence-corrected chi connectivity index (χ1v) is 6.13. The molecule has 1 aromatic carbocycles. The van der Waals surface area contributed by atoms with Crippen molar-refractivity contribution in [3.05, 3.63) is 60.3 Å². The van der Waals surface area contributed by atoms with E-state index in [2.05, 4.69) is 10.3 Å². The monoisotopic (exact) mass is 276 g/mol. The Balaban J connectivity index is 0.00000220. The second-order valence-corrected chi connectivity index (χ2v) is 4.25. The molecule has 0 bridgehead atoms. The van der Waals surface area contributed by atoms with E-state index in [1.807, 2.05) is 0 Å². The Morgan fingerprint density at radius 1 is 1.10 bits per heavy atom. The van der Waals surface area contributed by atoms with Crippen molar-refractivity contribution < 1.29 is 33.6 Å². The molecule has 21 heavy (non-hydrogen) atoms. The Labute approximate surface area is 134 Å². The zero-order valence-electron chi connectivity index (χ0n) is 11.7. The molecule has 0 fully saturated rings. The van der Waals surface area contributed by atoms with Gasteiger partial charge in [-0.2, -0.15) is 0 Å². The van der Waals surface area contributed by atoms with E-state index in [1.54, 1.807) is 54.7 Å². The molecule has 102 valence electrons. The molecule has 1 amide bonds. The summed E-state index contributed by atoms with van der Waals surface area (Å²) < 4.78 is 0. The van der Waals surface area contributed by atoms with Gasteiger partial charge in [0.15, 0.2) is 0 Å². The molecule has 0 aliphatic rings. The summed E-state index contributed by atoms with van der Waals surface area (Å²) in [6.07, 6.45) is 1.35. The maximum Gasteiger partial charge on any atom is 1.00 e. The molecule has 1 atom stereocenters. The first-order chi connectivity index (χ1) is 9.66. The fourth-order valence-corrected chi connectivity index (χ4v) is 1.84. The summed E-state index contributed by atoms with van der Waals surface area (Å²) in [6.45, 7) is 0. The van der Waals surface area contributed by atoms with Gasteiger partial charge in [-0.3, -0.25) is 4.79 Å². The second-order valence-electron chi connectivity index (χ2n) is 4.25. The van der Waals surface area contributed by atoms with Crippen LogP contribution in [-0.2, 0) is 9.59 Å². The number of carboxylic acid groups (broad SMARTS) is 1. The van der Waals surface area contributed by atoms with Gasteiger partial charge in [0, 0.05) is 24.5 Å². The quantitative estimate of drug-likeness (QED) is 0.637. The molecule has 0 saturated carbocycles. The molecule has 0 radical (unpaired) electrons. The summed E-state index contributed by atoms with van der Waals surface area (Å²) in [5, 5.41) is 13.7. The molecule has 0 aliphatic carbocycles. The Morgan fingerprint density at radius 2 is 1.76 bits per heavy atom. The molecule has 1 unspecified atom stereocenters. The number of amides is 1. The molecule has 5 nitrogen and oxygen atoms in total. The molecule has 0 aliphatic heterocycles. The number of nitrogens with zero attached hydrogens (tertiary/aromatic N) is 1. The number of carboxylic acids is 1. The average Bonchev–Trinajstić information content (AvgIpc) is 2.46. The molecule has 1 aromatic heterocycles. The summed E-state index contributed by atoms with van der Waals surface area (Å²) in [5.74, 6) is -2.27. The van der Waals surface area contributed by atoms with Crippen molar-refractivity contribution in [2.75, 3.05) is 5.32 Å². The summed E-state index contributed by atoms with van der Waals surface area (Å²) in [5.41, 5.74) is 0.545. The number of rotatable bonds is 5. The molecule has 2 rings (SSSR count). The number of carbonyl (C=O) groups excluding carboxylic acids is 2. The van der Waals surface area contributed by atoms with Crippen LogP contribution in [0.15, 0.2) is 54.7 Å². The van der Waals surface area contributed by atoms with Crippen LogP contribution < -0.4 is 29.3 Å². The molecular formula is C15H13LiN2O3.